The molecule has 2 atom stereocenters. The van der Waals surface area contributed by atoms with Crippen LogP contribution >= 0.6 is 0 Å². The average Bonchev–Trinajstić information content (AvgIpc) is 2.31. The van der Waals surface area contributed by atoms with Crippen molar-refractivity contribution in [3.05, 3.63) is 0 Å². The molecule has 18 heavy (non-hydrogen) atoms. The molecule has 1 aliphatic heterocycles. The summed E-state index contributed by atoms with van der Waals surface area (Å²) in [6.45, 7) is 6.78. The molecule has 0 aromatic carbocycles. The summed E-state index contributed by atoms with van der Waals surface area (Å²) in [5, 5.41) is 18.8. The van der Waals surface area contributed by atoms with Gasteiger partial charge in [-0.3, -0.25) is 0 Å². The number of ether oxygens (including phenoxy) is 4. The van der Waals surface area contributed by atoms with Gasteiger partial charge in [0.15, 0.2) is 0 Å². The SMILES string of the molecule is CC(C)OC1(CO)COC(CO)(OC(C)C)CO1. The monoisotopic (exact) mass is 264 g/mol. The van der Waals surface area contributed by atoms with Crippen LogP contribution in [-0.4, -0.2) is 60.4 Å². The molecule has 6 heteroatoms. The number of rotatable bonds is 6. The van der Waals surface area contributed by atoms with E-state index in [4.69, 9.17) is 18.9 Å². The van der Waals surface area contributed by atoms with Crippen molar-refractivity contribution < 1.29 is 29.2 Å². The molecule has 1 saturated heterocycles. The Kier molecular flexibility index (Phi) is 5.51. The highest BCUT2D eigenvalue weighted by molar-refractivity contribution is 4.81. The fourth-order valence-corrected chi connectivity index (χ4v) is 1.82. The van der Waals surface area contributed by atoms with Crippen LogP contribution < -0.4 is 0 Å². The topological polar surface area (TPSA) is 77.4 Å². The predicted molar refractivity (Wildman–Crippen MR) is 64.0 cm³/mol. The minimum Gasteiger partial charge on any atom is -0.391 e. The van der Waals surface area contributed by atoms with Crippen LogP contribution in [0.1, 0.15) is 27.7 Å². The molecule has 0 aliphatic carbocycles. The summed E-state index contributed by atoms with van der Waals surface area (Å²) in [6, 6.07) is 0. The normalized spacial score (nSPS) is 33.3. The second-order valence-electron chi connectivity index (χ2n) is 5.05. The zero-order valence-corrected chi connectivity index (χ0v) is 11.5. The first-order valence-electron chi connectivity index (χ1n) is 6.22. The Labute approximate surface area is 108 Å². The maximum absolute atomic E-state index is 9.38. The summed E-state index contributed by atoms with van der Waals surface area (Å²) >= 11 is 0. The van der Waals surface area contributed by atoms with E-state index in [-0.39, 0.29) is 38.6 Å². The smallest absolute Gasteiger partial charge is 0.216 e. The van der Waals surface area contributed by atoms with E-state index >= 15 is 0 Å². The number of hydrogen-bond acceptors (Lipinski definition) is 6. The van der Waals surface area contributed by atoms with Crippen LogP contribution in [-0.2, 0) is 18.9 Å². The molecule has 0 saturated carbocycles. The van der Waals surface area contributed by atoms with Gasteiger partial charge in [-0.25, -0.2) is 0 Å². The lowest BCUT2D eigenvalue weighted by Crippen LogP contribution is -2.60. The molecule has 0 aromatic rings. The van der Waals surface area contributed by atoms with Gasteiger partial charge in [-0.1, -0.05) is 0 Å². The highest BCUT2D eigenvalue weighted by atomic mass is 16.8. The molecule has 6 nitrogen and oxygen atoms in total. The predicted octanol–water partition coefficient (Wildman–Crippen LogP) is 0.260. The second-order valence-corrected chi connectivity index (χ2v) is 5.05. The van der Waals surface area contributed by atoms with Crippen LogP contribution in [0.4, 0.5) is 0 Å². The molecule has 1 rings (SSSR count). The molecule has 1 aliphatic rings. The third-order valence-corrected chi connectivity index (χ3v) is 2.49. The Morgan fingerprint density at radius 2 is 1.22 bits per heavy atom. The van der Waals surface area contributed by atoms with E-state index in [9.17, 15) is 10.2 Å². The molecule has 0 amide bonds. The van der Waals surface area contributed by atoms with Gasteiger partial charge in [0.2, 0.25) is 11.6 Å². The largest absolute Gasteiger partial charge is 0.391 e. The maximum atomic E-state index is 9.38. The summed E-state index contributed by atoms with van der Waals surface area (Å²) < 4.78 is 22.2. The summed E-state index contributed by atoms with van der Waals surface area (Å²) in [5.74, 6) is -2.35. The van der Waals surface area contributed by atoms with Crippen molar-refractivity contribution >= 4 is 0 Å². The van der Waals surface area contributed by atoms with E-state index in [0.29, 0.717) is 0 Å². The van der Waals surface area contributed by atoms with E-state index < -0.39 is 11.6 Å². The standard InChI is InChI=1S/C12H24O6/c1-9(2)17-11(5-13)7-16-12(6-14,8-15-11)18-10(3)4/h9-10,13-14H,5-8H2,1-4H3. The first kappa shape index (κ1) is 15.8. The Morgan fingerprint density at radius 1 is 0.889 bits per heavy atom. The molecule has 108 valence electrons. The van der Waals surface area contributed by atoms with Crippen LogP contribution in [0.15, 0.2) is 0 Å². The Hall–Kier alpha value is -0.240. The number of hydrogen-bond donors (Lipinski definition) is 2. The van der Waals surface area contributed by atoms with Crippen LogP contribution in [0.25, 0.3) is 0 Å². The van der Waals surface area contributed by atoms with Gasteiger partial charge < -0.3 is 29.2 Å². The van der Waals surface area contributed by atoms with Crippen LogP contribution in [0, 0.1) is 0 Å². The molecule has 0 spiro atoms. The Bertz CT molecular complexity index is 219. The van der Waals surface area contributed by atoms with E-state index in [1.807, 2.05) is 27.7 Å². The molecular weight excluding hydrogens is 240 g/mol. The van der Waals surface area contributed by atoms with Crippen molar-refractivity contribution in [2.45, 2.75) is 51.5 Å². The van der Waals surface area contributed by atoms with E-state index in [2.05, 4.69) is 0 Å². The van der Waals surface area contributed by atoms with Crippen molar-refractivity contribution in [2.24, 2.45) is 0 Å². The van der Waals surface area contributed by atoms with Crippen molar-refractivity contribution in [2.75, 3.05) is 26.4 Å². The first-order valence-corrected chi connectivity index (χ1v) is 6.22. The van der Waals surface area contributed by atoms with E-state index in [1.165, 1.54) is 0 Å². The number of aliphatic hydroxyl groups is 2. The van der Waals surface area contributed by atoms with E-state index in [0.717, 1.165) is 0 Å². The summed E-state index contributed by atoms with van der Waals surface area (Å²) in [7, 11) is 0. The third-order valence-electron chi connectivity index (χ3n) is 2.49. The number of aliphatic hydroxyl groups excluding tert-OH is 2. The van der Waals surface area contributed by atoms with Gasteiger partial charge >= 0.3 is 0 Å². The maximum Gasteiger partial charge on any atom is 0.216 e. The molecule has 1 heterocycles. The van der Waals surface area contributed by atoms with Gasteiger partial charge in [-0.05, 0) is 27.7 Å². The summed E-state index contributed by atoms with van der Waals surface area (Å²) in [4.78, 5) is 0. The fourth-order valence-electron chi connectivity index (χ4n) is 1.82. The van der Waals surface area contributed by atoms with Gasteiger partial charge in [0.1, 0.15) is 13.2 Å². The highest BCUT2D eigenvalue weighted by Gasteiger charge is 2.47. The minimum atomic E-state index is -1.17. The van der Waals surface area contributed by atoms with Crippen molar-refractivity contribution in [1.29, 1.82) is 0 Å². The third kappa shape index (κ3) is 3.88. The highest BCUT2D eigenvalue weighted by Crippen LogP contribution is 2.29. The zero-order chi connectivity index (χ0) is 13.8. The van der Waals surface area contributed by atoms with Gasteiger partial charge in [0, 0.05) is 0 Å². The Morgan fingerprint density at radius 3 is 1.39 bits per heavy atom. The van der Waals surface area contributed by atoms with Gasteiger partial charge in [0.25, 0.3) is 0 Å². The lowest BCUT2D eigenvalue weighted by Gasteiger charge is -2.45. The average molecular weight is 264 g/mol. The van der Waals surface area contributed by atoms with Gasteiger partial charge in [-0.15, -0.1) is 0 Å². The fraction of sp³-hybridized carbons (Fsp3) is 1.00. The minimum absolute atomic E-state index is 0.00889. The lowest BCUT2D eigenvalue weighted by molar-refractivity contribution is -0.406. The second kappa shape index (κ2) is 6.27. The van der Waals surface area contributed by atoms with E-state index in [1.54, 1.807) is 0 Å². The van der Waals surface area contributed by atoms with Crippen molar-refractivity contribution in [3.63, 3.8) is 0 Å². The van der Waals surface area contributed by atoms with Crippen molar-refractivity contribution in [3.8, 4) is 0 Å². The first-order chi connectivity index (χ1) is 8.37. The van der Waals surface area contributed by atoms with Gasteiger partial charge in [0.05, 0.1) is 25.4 Å². The van der Waals surface area contributed by atoms with Gasteiger partial charge in [-0.2, -0.15) is 0 Å². The molecule has 2 N–H and O–H groups in total. The molecule has 1 fully saturated rings. The molecule has 0 bridgehead atoms. The Balaban J connectivity index is 2.66. The molecular formula is C12H24O6. The van der Waals surface area contributed by atoms with Crippen LogP contribution in [0.2, 0.25) is 0 Å². The molecule has 0 aromatic heterocycles. The lowest BCUT2D eigenvalue weighted by atomic mass is 10.2. The molecule has 2 unspecified atom stereocenters. The molecule has 0 radical (unpaired) electrons. The van der Waals surface area contributed by atoms with Crippen LogP contribution in [0.3, 0.4) is 0 Å². The summed E-state index contributed by atoms with van der Waals surface area (Å²) in [6.07, 6.45) is -0.207. The van der Waals surface area contributed by atoms with Crippen molar-refractivity contribution in [1.82, 2.24) is 0 Å². The quantitative estimate of drug-likeness (QED) is 0.716. The summed E-state index contributed by atoms with van der Waals surface area (Å²) in [5.41, 5.74) is 0. The zero-order valence-electron chi connectivity index (χ0n) is 11.5. The van der Waals surface area contributed by atoms with Crippen LogP contribution in [0.5, 0.6) is 0 Å².